The normalized spacial score (nSPS) is 10.0. The number of hydrogen-bond acceptors (Lipinski definition) is 2. The average Bonchev–Trinajstić information content (AvgIpc) is 2.25. The predicted molar refractivity (Wildman–Crippen MR) is 53.8 cm³/mol. The van der Waals surface area contributed by atoms with Crippen LogP contribution in [0.2, 0.25) is 0 Å². The zero-order chi connectivity index (χ0) is 11.3. The van der Waals surface area contributed by atoms with E-state index in [0.29, 0.717) is 17.7 Å². The molecule has 0 saturated carbocycles. The summed E-state index contributed by atoms with van der Waals surface area (Å²) in [5.74, 6) is -0.357. The Morgan fingerprint density at radius 3 is 2.80 bits per heavy atom. The van der Waals surface area contributed by atoms with Gasteiger partial charge in [0, 0.05) is 12.0 Å². The smallest absolute Gasteiger partial charge is 0.303 e. The standard InChI is InChI=1S/C11H13FO3/c1-15-10-4-2-8(3-5-11(13)14)6-9(10)7-12/h2,4,6H,3,5,7H2,1H3,(H,13,14). The highest BCUT2D eigenvalue weighted by molar-refractivity contribution is 5.67. The van der Waals surface area contributed by atoms with Gasteiger partial charge in [0.05, 0.1) is 7.11 Å². The van der Waals surface area contributed by atoms with Crippen LogP contribution in [-0.2, 0) is 17.9 Å². The van der Waals surface area contributed by atoms with Crippen LogP contribution in [0.4, 0.5) is 4.39 Å². The van der Waals surface area contributed by atoms with Gasteiger partial charge in [-0.25, -0.2) is 4.39 Å². The molecule has 0 bridgehead atoms. The van der Waals surface area contributed by atoms with Crippen LogP contribution in [0.25, 0.3) is 0 Å². The van der Waals surface area contributed by atoms with Crippen LogP contribution in [0.15, 0.2) is 18.2 Å². The lowest BCUT2D eigenvalue weighted by atomic mass is 10.1. The quantitative estimate of drug-likeness (QED) is 0.813. The van der Waals surface area contributed by atoms with Crippen LogP contribution >= 0.6 is 0 Å². The number of aliphatic carboxylic acids is 1. The van der Waals surface area contributed by atoms with Gasteiger partial charge in [0.15, 0.2) is 0 Å². The van der Waals surface area contributed by atoms with Gasteiger partial charge in [-0.3, -0.25) is 4.79 Å². The van der Waals surface area contributed by atoms with E-state index in [1.165, 1.54) is 7.11 Å². The molecule has 1 N–H and O–H groups in total. The minimum atomic E-state index is -0.854. The number of carbonyl (C=O) groups is 1. The van der Waals surface area contributed by atoms with Crippen molar-refractivity contribution in [1.82, 2.24) is 0 Å². The van der Waals surface area contributed by atoms with E-state index in [9.17, 15) is 9.18 Å². The zero-order valence-electron chi connectivity index (χ0n) is 8.50. The molecule has 1 aromatic rings. The first-order valence-corrected chi connectivity index (χ1v) is 4.61. The molecule has 0 aromatic heterocycles. The number of rotatable bonds is 5. The van der Waals surface area contributed by atoms with Crippen LogP contribution in [0, 0.1) is 0 Å². The van der Waals surface area contributed by atoms with Crippen molar-refractivity contribution in [1.29, 1.82) is 0 Å². The van der Waals surface area contributed by atoms with Crippen LogP contribution < -0.4 is 4.74 Å². The van der Waals surface area contributed by atoms with Crippen molar-refractivity contribution in [2.45, 2.75) is 19.5 Å². The van der Waals surface area contributed by atoms with Crippen molar-refractivity contribution in [2.24, 2.45) is 0 Å². The maximum Gasteiger partial charge on any atom is 0.303 e. The van der Waals surface area contributed by atoms with Crippen LogP contribution in [-0.4, -0.2) is 18.2 Å². The van der Waals surface area contributed by atoms with Gasteiger partial charge in [-0.05, 0) is 24.1 Å². The Hall–Kier alpha value is -1.58. The number of benzene rings is 1. The van der Waals surface area contributed by atoms with Gasteiger partial charge >= 0.3 is 5.97 Å². The van der Waals surface area contributed by atoms with E-state index in [1.54, 1.807) is 18.2 Å². The van der Waals surface area contributed by atoms with Gasteiger partial charge in [0.2, 0.25) is 0 Å². The first-order chi connectivity index (χ1) is 7.17. The molecule has 1 aromatic carbocycles. The van der Waals surface area contributed by atoms with Crippen molar-refractivity contribution in [3.63, 3.8) is 0 Å². The van der Waals surface area contributed by atoms with Crippen LogP contribution in [0.5, 0.6) is 5.75 Å². The van der Waals surface area contributed by atoms with Gasteiger partial charge in [-0.1, -0.05) is 6.07 Å². The molecule has 4 heteroatoms. The summed E-state index contributed by atoms with van der Waals surface area (Å²) in [6.07, 6.45) is 0.463. The summed E-state index contributed by atoms with van der Waals surface area (Å²) in [5, 5.41) is 8.50. The lowest BCUT2D eigenvalue weighted by Crippen LogP contribution is -1.98. The molecule has 0 aliphatic rings. The molecule has 0 atom stereocenters. The third-order valence-electron chi connectivity index (χ3n) is 2.12. The largest absolute Gasteiger partial charge is 0.496 e. The maximum atomic E-state index is 12.6. The number of methoxy groups -OCH3 is 1. The number of carboxylic acids is 1. The summed E-state index contributed by atoms with van der Waals surface area (Å²) in [6, 6.07) is 5.05. The van der Waals surface area contributed by atoms with E-state index in [2.05, 4.69) is 0 Å². The highest BCUT2D eigenvalue weighted by Crippen LogP contribution is 2.21. The summed E-state index contributed by atoms with van der Waals surface area (Å²) in [5.41, 5.74) is 1.27. The minimum Gasteiger partial charge on any atom is -0.496 e. The van der Waals surface area contributed by atoms with E-state index in [4.69, 9.17) is 9.84 Å². The molecule has 0 saturated heterocycles. The number of halogens is 1. The lowest BCUT2D eigenvalue weighted by Gasteiger charge is -2.07. The first-order valence-electron chi connectivity index (χ1n) is 4.61. The van der Waals surface area contributed by atoms with Crippen molar-refractivity contribution >= 4 is 5.97 Å². The molecule has 15 heavy (non-hydrogen) atoms. The number of aryl methyl sites for hydroxylation is 1. The Morgan fingerprint density at radius 1 is 1.53 bits per heavy atom. The molecule has 0 spiro atoms. The second kappa shape index (κ2) is 5.34. The Balaban J connectivity index is 2.78. The van der Waals surface area contributed by atoms with Crippen molar-refractivity contribution in [3.8, 4) is 5.75 Å². The number of alkyl halides is 1. The zero-order valence-corrected chi connectivity index (χ0v) is 8.50. The topological polar surface area (TPSA) is 46.5 Å². The van der Waals surface area contributed by atoms with E-state index in [-0.39, 0.29) is 6.42 Å². The third-order valence-corrected chi connectivity index (χ3v) is 2.12. The molecule has 0 fully saturated rings. The molecule has 3 nitrogen and oxygen atoms in total. The Morgan fingerprint density at radius 2 is 2.27 bits per heavy atom. The Bertz CT molecular complexity index is 350. The second-order valence-electron chi connectivity index (χ2n) is 3.17. The fourth-order valence-corrected chi connectivity index (χ4v) is 1.34. The molecular weight excluding hydrogens is 199 g/mol. The molecule has 0 unspecified atom stereocenters. The highest BCUT2D eigenvalue weighted by atomic mass is 19.1. The molecule has 1 rings (SSSR count). The summed E-state index contributed by atoms with van der Waals surface area (Å²) < 4.78 is 17.5. The van der Waals surface area contributed by atoms with Gasteiger partial charge in [-0.2, -0.15) is 0 Å². The summed E-state index contributed by atoms with van der Waals surface area (Å²) in [7, 11) is 1.48. The van der Waals surface area contributed by atoms with E-state index >= 15 is 0 Å². The van der Waals surface area contributed by atoms with Crippen molar-refractivity contribution in [3.05, 3.63) is 29.3 Å². The number of carboxylic acid groups (broad SMARTS) is 1. The molecule has 82 valence electrons. The Labute approximate surface area is 87.5 Å². The van der Waals surface area contributed by atoms with E-state index < -0.39 is 12.6 Å². The SMILES string of the molecule is COc1ccc(CCC(=O)O)cc1CF. The minimum absolute atomic E-state index is 0.0536. The summed E-state index contributed by atoms with van der Waals surface area (Å²) >= 11 is 0. The highest BCUT2D eigenvalue weighted by Gasteiger charge is 2.05. The molecule has 0 aliphatic carbocycles. The average molecular weight is 212 g/mol. The predicted octanol–water partition coefficient (Wildman–Crippen LogP) is 2.18. The molecule has 0 radical (unpaired) electrons. The monoisotopic (exact) mass is 212 g/mol. The van der Waals surface area contributed by atoms with E-state index in [0.717, 1.165) is 5.56 Å². The fourth-order valence-electron chi connectivity index (χ4n) is 1.34. The van der Waals surface area contributed by atoms with Crippen molar-refractivity contribution < 1.29 is 19.0 Å². The fraction of sp³-hybridized carbons (Fsp3) is 0.364. The van der Waals surface area contributed by atoms with Gasteiger partial charge < -0.3 is 9.84 Å². The maximum absolute atomic E-state index is 12.6. The van der Waals surface area contributed by atoms with Crippen LogP contribution in [0.1, 0.15) is 17.5 Å². The number of hydrogen-bond donors (Lipinski definition) is 1. The molecule has 0 amide bonds. The van der Waals surface area contributed by atoms with Gasteiger partial charge in [-0.15, -0.1) is 0 Å². The summed E-state index contributed by atoms with van der Waals surface area (Å²) in [4.78, 5) is 10.4. The molecular formula is C11H13FO3. The summed E-state index contributed by atoms with van der Waals surface area (Å²) in [6.45, 7) is -0.607. The lowest BCUT2D eigenvalue weighted by molar-refractivity contribution is -0.136. The first kappa shape index (κ1) is 11.5. The second-order valence-corrected chi connectivity index (χ2v) is 3.17. The van der Waals surface area contributed by atoms with Gasteiger partial charge in [0.1, 0.15) is 12.4 Å². The van der Waals surface area contributed by atoms with Crippen LogP contribution in [0.3, 0.4) is 0 Å². The third kappa shape index (κ3) is 3.23. The number of ether oxygens (including phenoxy) is 1. The van der Waals surface area contributed by atoms with Gasteiger partial charge in [0.25, 0.3) is 0 Å². The molecule has 0 heterocycles. The van der Waals surface area contributed by atoms with Crippen molar-refractivity contribution in [2.75, 3.05) is 7.11 Å². The Kier molecular flexibility index (Phi) is 4.09. The van der Waals surface area contributed by atoms with E-state index in [1.807, 2.05) is 0 Å². The molecule has 0 aliphatic heterocycles.